The first-order chi connectivity index (χ1) is 17.0. The molecule has 9 heteroatoms. The number of pyridine rings is 1. The lowest BCUT2D eigenvalue weighted by molar-refractivity contribution is 0.164. The molecule has 35 heavy (non-hydrogen) atoms. The Kier molecular flexibility index (Phi) is 5.38. The van der Waals surface area contributed by atoms with Crippen molar-refractivity contribution in [1.82, 2.24) is 28.9 Å². The molecule has 0 spiro atoms. The summed E-state index contributed by atoms with van der Waals surface area (Å²) < 4.78 is 29.8. The van der Waals surface area contributed by atoms with Crippen molar-refractivity contribution in [3.63, 3.8) is 0 Å². The number of aryl methyl sites for hydroxylation is 1. The third kappa shape index (κ3) is 3.90. The lowest BCUT2D eigenvalue weighted by Crippen LogP contribution is -2.36. The van der Waals surface area contributed by atoms with Gasteiger partial charge in [-0.25, -0.2) is 22.1 Å². The Morgan fingerprint density at radius 2 is 1.83 bits per heavy atom. The molecule has 0 bridgehead atoms. The molecule has 0 saturated carbocycles. The lowest BCUT2D eigenvalue weighted by Gasteiger charge is -2.32. The lowest BCUT2D eigenvalue weighted by atomic mass is 10.0. The maximum absolute atomic E-state index is 13.3. The van der Waals surface area contributed by atoms with Gasteiger partial charge in [-0.15, -0.1) is 5.10 Å². The summed E-state index contributed by atoms with van der Waals surface area (Å²) in [7, 11) is -3.76. The molecule has 1 atom stereocenters. The van der Waals surface area contributed by atoms with Crippen LogP contribution in [0.2, 0.25) is 0 Å². The normalized spacial score (nSPS) is 17.3. The summed E-state index contributed by atoms with van der Waals surface area (Å²) in [5.74, 6) is 0. The molecule has 178 valence electrons. The van der Waals surface area contributed by atoms with Crippen LogP contribution in [0.4, 0.5) is 0 Å². The molecule has 0 amide bonds. The van der Waals surface area contributed by atoms with Crippen molar-refractivity contribution < 1.29 is 8.42 Å². The number of hydrogen-bond donors (Lipinski definition) is 0. The van der Waals surface area contributed by atoms with E-state index in [1.54, 1.807) is 48.8 Å². The highest BCUT2D eigenvalue weighted by Gasteiger charge is 2.26. The van der Waals surface area contributed by atoms with Gasteiger partial charge in [-0.3, -0.25) is 4.90 Å². The number of likely N-dealkylation sites (tertiary alicyclic amines) is 1. The fraction of sp³-hybridized carbons (Fsp3) is 0.269. The number of aromatic nitrogens is 5. The first-order valence-corrected chi connectivity index (χ1v) is 13.2. The molecule has 8 nitrogen and oxygen atoms in total. The van der Waals surface area contributed by atoms with Crippen LogP contribution in [0.3, 0.4) is 0 Å². The van der Waals surface area contributed by atoms with Crippen LogP contribution in [-0.2, 0) is 16.6 Å². The smallest absolute Gasteiger partial charge is 0.269 e. The predicted octanol–water partition coefficient (Wildman–Crippen LogP) is 4.16. The van der Waals surface area contributed by atoms with Crippen LogP contribution < -0.4 is 0 Å². The molecule has 6 rings (SSSR count). The van der Waals surface area contributed by atoms with Gasteiger partial charge in [-0.1, -0.05) is 53.2 Å². The van der Waals surface area contributed by atoms with Crippen LogP contribution in [0.1, 0.15) is 30.0 Å². The molecule has 4 heterocycles. The summed E-state index contributed by atoms with van der Waals surface area (Å²) in [5, 5.41) is 9.60. The number of benzene rings is 2. The molecule has 1 aliphatic rings. The van der Waals surface area contributed by atoms with Gasteiger partial charge in [0.05, 0.1) is 17.1 Å². The molecule has 3 aromatic heterocycles. The highest BCUT2D eigenvalue weighted by molar-refractivity contribution is 7.90. The Balaban J connectivity index is 1.36. The second kappa shape index (κ2) is 8.58. The van der Waals surface area contributed by atoms with E-state index in [9.17, 15) is 8.42 Å². The van der Waals surface area contributed by atoms with Gasteiger partial charge in [0.25, 0.3) is 10.0 Å². The average Bonchev–Trinajstić information content (AvgIpc) is 3.51. The molecular weight excluding hydrogens is 460 g/mol. The fourth-order valence-corrected chi connectivity index (χ4v) is 6.30. The minimum atomic E-state index is -3.76. The maximum atomic E-state index is 13.3. The Morgan fingerprint density at radius 3 is 2.63 bits per heavy atom. The first kappa shape index (κ1) is 21.9. The summed E-state index contributed by atoms with van der Waals surface area (Å²) >= 11 is 0. The summed E-state index contributed by atoms with van der Waals surface area (Å²) in [5.41, 5.74) is 4.45. The van der Waals surface area contributed by atoms with Gasteiger partial charge < -0.3 is 0 Å². The number of fused-ring (bicyclic) bond motifs is 3. The zero-order valence-corrected chi connectivity index (χ0v) is 20.3. The van der Waals surface area contributed by atoms with E-state index < -0.39 is 10.0 Å². The highest BCUT2D eigenvalue weighted by Crippen LogP contribution is 2.31. The third-order valence-corrected chi connectivity index (χ3v) is 8.44. The van der Waals surface area contributed by atoms with Gasteiger partial charge in [-0.2, -0.15) is 0 Å². The van der Waals surface area contributed by atoms with E-state index in [0.29, 0.717) is 11.2 Å². The summed E-state index contributed by atoms with van der Waals surface area (Å²) in [6.07, 6.45) is 5.25. The van der Waals surface area contributed by atoms with Crippen molar-refractivity contribution in [3.8, 4) is 0 Å². The Morgan fingerprint density at radius 1 is 1.03 bits per heavy atom. The van der Waals surface area contributed by atoms with E-state index in [1.807, 2.05) is 4.68 Å². The van der Waals surface area contributed by atoms with Crippen molar-refractivity contribution in [1.29, 1.82) is 0 Å². The number of hydrogen-bond acceptors (Lipinski definition) is 6. The molecule has 0 N–H and O–H groups in total. The molecule has 1 fully saturated rings. The van der Waals surface area contributed by atoms with E-state index in [1.165, 1.54) is 15.1 Å². The minimum absolute atomic E-state index is 0.152. The zero-order chi connectivity index (χ0) is 24.0. The minimum Gasteiger partial charge on any atom is -0.297 e. The number of piperidine rings is 1. The van der Waals surface area contributed by atoms with E-state index >= 15 is 0 Å². The van der Waals surface area contributed by atoms with Crippen molar-refractivity contribution >= 4 is 32.1 Å². The predicted molar refractivity (Wildman–Crippen MR) is 135 cm³/mol. The Labute approximate surface area is 203 Å². The van der Waals surface area contributed by atoms with E-state index in [0.717, 1.165) is 43.4 Å². The molecule has 1 saturated heterocycles. The van der Waals surface area contributed by atoms with Crippen molar-refractivity contribution in [3.05, 3.63) is 84.2 Å². The SMILES string of the molecule is Cc1ccc(CN2CCC[C@@H](n3nnc4cnc5c(ccn5S(=O)(=O)c5ccccc5)c43)C2)cc1. The molecule has 5 aromatic rings. The summed E-state index contributed by atoms with van der Waals surface area (Å²) in [6.45, 7) is 4.90. The van der Waals surface area contributed by atoms with Crippen molar-refractivity contribution in [2.45, 2.75) is 37.2 Å². The van der Waals surface area contributed by atoms with Crippen molar-refractivity contribution in [2.24, 2.45) is 0 Å². The first-order valence-electron chi connectivity index (χ1n) is 11.8. The average molecular weight is 487 g/mol. The number of rotatable bonds is 5. The van der Waals surface area contributed by atoms with Gasteiger partial charge in [-0.05, 0) is 50.1 Å². The molecule has 2 aromatic carbocycles. The monoisotopic (exact) mass is 486 g/mol. The van der Waals surface area contributed by atoms with Crippen molar-refractivity contribution in [2.75, 3.05) is 13.1 Å². The van der Waals surface area contributed by atoms with Gasteiger partial charge in [0.2, 0.25) is 0 Å². The van der Waals surface area contributed by atoms with Crippen LogP contribution in [0.15, 0.2) is 78.0 Å². The van der Waals surface area contributed by atoms with Crippen LogP contribution in [-0.4, -0.2) is 50.4 Å². The Bertz CT molecular complexity index is 1610. The molecule has 0 radical (unpaired) electrons. The maximum Gasteiger partial charge on any atom is 0.269 e. The quantitative estimate of drug-likeness (QED) is 0.371. The van der Waals surface area contributed by atoms with Crippen LogP contribution in [0.5, 0.6) is 0 Å². The Hall–Kier alpha value is -3.56. The van der Waals surface area contributed by atoms with Gasteiger partial charge in [0, 0.05) is 24.7 Å². The standard InChI is InChI=1S/C26H26N6O2S/c1-19-9-11-20(12-10-19)17-30-14-5-6-21(18-30)32-25-23-13-15-31(26(23)27-16-24(25)28-29-32)35(33,34)22-7-3-2-4-8-22/h2-4,7-13,15-16,21H,5-6,14,17-18H2,1H3/t21-/m1/s1. The molecule has 0 aliphatic carbocycles. The second-order valence-corrected chi connectivity index (χ2v) is 11.0. The molecular formula is C26H26N6O2S. The van der Waals surface area contributed by atoms with E-state index in [-0.39, 0.29) is 10.9 Å². The summed E-state index contributed by atoms with van der Waals surface area (Å²) in [6, 6.07) is 19.1. The molecule has 0 unspecified atom stereocenters. The molecule has 1 aliphatic heterocycles. The topological polar surface area (TPSA) is 85.9 Å². The van der Waals surface area contributed by atoms with E-state index in [4.69, 9.17) is 0 Å². The summed E-state index contributed by atoms with van der Waals surface area (Å²) in [4.78, 5) is 7.14. The van der Waals surface area contributed by atoms with Crippen LogP contribution in [0.25, 0.3) is 22.1 Å². The zero-order valence-electron chi connectivity index (χ0n) is 19.4. The van der Waals surface area contributed by atoms with E-state index in [2.05, 4.69) is 51.4 Å². The largest absolute Gasteiger partial charge is 0.297 e. The van der Waals surface area contributed by atoms with Gasteiger partial charge in [0.1, 0.15) is 11.0 Å². The third-order valence-electron chi connectivity index (χ3n) is 6.76. The number of nitrogens with zero attached hydrogens (tertiary/aromatic N) is 6. The van der Waals surface area contributed by atoms with Crippen LogP contribution >= 0.6 is 0 Å². The van der Waals surface area contributed by atoms with Gasteiger partial charge >= 0.3 is 0 Å². The van der Waals surface area contributed by atoms with Gasteiger partial charge in [0.15, 0.2) is 5.65 Å². The fourth-order valence-electron chi connectivity index (χ4n) is 4.98. The second-order valence-electron chi connectivity index (χ2n) is 9.21. The van der Waals surface area contributed by atoms with Crippen LogP contribution in [0, 0.1) is 6.92 Å². The highest BCUT2D eigenvalue weighted by atomic mass is 32.2.